The van der Waals surface area contributed by atoms with E-state index in [1.54, 1.807) is 11.8 Å². The molecule has 4 nitrogen and oxygen atoms in total. The highest BCUT2D eigenvalue weighted by Crippen LogP contribution is 2.52. The van der Waals surface area contributed by atoms with Crippen LogP contribution >= 0.6 is 11.8 Å². The molecule has 0 bridgehead atoms. The molecule has 2 amide bonds. The Bertz CT molecular complexity index is 982. The Morgan fingerprint density at radius 1 is 1.07 bits per heavy atom. The highest BCUT2D eigenvalue weighted by atomic mass is 32.2. The van der Waals surface area contributed by atoms with Gasteiger partial charge in [0.25, 0.3) is 5.91 Å². The number of allylic oxidation sites excluding steroid dienone is 3. The van der Waals surface area contributed by atoms with E-state index < -0.39 is 5.54 Å². The molecule has 2 aromatic carbocycles. The molecule has 2 N–H and O–H groups in total. The molecule has 0 spiro atoms. The third-order valence-corrected chi connectivity index (χ3v) is 6.64. The quantitative estimate of drug-likeness (QED) is 0.618. The Morgan fingerprint density at radius 2 is 1.83 bits per heavy atom. The lowest BCUT2D eigenvalue weighted by Gasteiger charge is -2.19. The first kappa shape index (κ1) is 20.5. The van der Waals surface area contributed by atoms with E-state index >= 15 is 0 Å². The lowest BCUT2D eigenvalue weighted by Crippen LogP contribution is -2.46. The molecule has 0 radical (unpaired) electrons. The van der Waals surface area contributed by atoms with E-state index in [1.165, 1.54) is 12.5 Å². The number of anilines is 1. The molecule has 0 aliphatic heterocycles. The van der Waals surface area contributed by atoms with Gasteiger partial charge in [-0.3, -0.25) is 9.59 Å². The van der Waals surface area contributed by atoms with Crippen molar-refractivity contribution in [1.82, 2.24) is 5.32 Å². The number of carbonyl (C=O) groups is 2. The zero-order valence-electron chi connectivity index (χ0n) is 17.1. The summed E-state index contributed by atoms with van der Waals surface area (Å²) in [6.07, 6.45) is 9.58. The van der Waals surface area contributed by atoms with Gasteiger partial charge in [-0.25, -0.2) is 0 Å². The van der Waals surface area contributed by atoms with Gasteiger partial charge in [-0.1, -0.05) is 48.6 Å². The van der Waals surface area contributed by atoms with Gasteiger partial charge in [0.15, 0.2) is 0 Å². The van der Waals surface area contributed by atoms with Gasteiger partial charge in [-0.05, 0) is 54.7 Å². The lowest BCUT2D eigenvalue weighted by atomic mass is 10.1. The Labute approximate surface area is 181 Å². The van der Waals surface area contributed by atoms with Crippen LogP contribution in [0.15, 0.2) is 83.3 Å². The molecule has 0 saturated heterocycles. The third-order valence-electron chi connectivity index (χ3n) is 5.56. The largest absolute Gasteiger partial charge is 0.341 e. The van der Waals surface area contributed by atoms with E-state index in [1.807, 2.05) is 54.6 Å². The molecule has 30 heavy (non-hydrogen) atoms. The molecular weight excluding hydrogens is 392 g/mol. The summed E-state index contributed by atoms with van der Waals surface area (Å²) in [6.45, 7) is 1.46. The van der Waals surface area contributed by atoms with Crippen LogP contribution < -0.4 is 10.6 Å². The minimum atomic E-state index is -0.875. The summed E-state index contributed by atoms with van der Waals surface area (Å²) < 4.78 is 0. The molecule has 5 heteroatoms. The van der Waals surface area contributed by atoms with Gasteiger partial charge < -0.3 is 10.6 Å². The van der Waals surface area contributed by atoms with Gasteiger partial charge in [0.1, 0.15) is 5.54 Å². The average molecular weight is 419 g/mol. The molecule has 1 saturated carbocycles. The van der Waals surface area contributed by atoms with Gasteiger partial charge in [0.05, 0.1) is 0 Å². The number of rotatable bonds is 7. The van der Waals surface area contributed by atoms with Gasteiger partial charge in [0.2, 0.25) is 5.91 Å². The minimum absolute atomic E-state index is 0.00532. The Hall–Kier alpha value is -2.79. The van der Waals surface area contributed by atoms with Crippen molar-refractivity contribution in [3.8, 4) is 0 Å². The van der Waals surface area contributed by atoms with Gasteiger partial charge in [0, 0.05) is 29.2 Å². The summed E-state index contributed by atoms with van der Waals surface area (Å²) >= 11 is 1.79. The van der Waals surface area contributed by atoms with E-state index in [0.717, 1.165) is 34.7 Å². The van der Waals surface area contributed by atoms with Gasteiger partial charge in [-0.2, -0.15) is 0 Å². The van der Waals surface area contributed by atoms with Crippen LogP contribution in [-0.2, 0) is 9.59 Å². The van der Waals surface area contributed by atoms with E-state index in [-0.39, 0.29) is 17.7 Å². The van der Waals surface area contributed by atoms with Crippen LogP contribution in [0.25, 0.3) is 0 Å². The SMILES string of the molecule is CC(=O)NC1(C(=O)Nc2ccc(SCC3=CCCC=C3)cc2)CC1c1ccccc1. The number of nitrogens with one attached hydrogen (secondary N) is 2. The number of thioether (sulfide) groups is 1. The van der Waals surface area contributed by atoms with Crippen LogP contribution in [0.3, 0.4) is 0 Å². The standard InChI is InChI=1S/C25H26N2O2S/c1-18(28)27-25(16-23(25)20-10-6-3-7-11-20)24(29)26-21-12-14-22(15-13-21)30-17-19-8-4-2-5-9-19/h3-4,6-15,23H,2,5,16-17H2,1H3,(H,26,29)(H,27,28). The molecule has 2 unspecified atom stereocenters. The molecule has 2 aliphatic rings. The first-order chi connectivity index (χ1) is 14.6. The summed E-state index contributed by atoms with van der Waals surface area (Å²) in [4.78, 5) is 26.0. The van der Waals surface area contributed by atoms with Gasteiger partial charge >= 0.3 is 0 Å². The first-order valence-corrected chi connectivity index (χ1v) is 11.3. The van der Waals surface area contributed by atoms with E-state index in [4.69, 9.17) is 0 Å². The van der Waals surface area contributed by atoms with E-state index in [9.17, 15) is 9.59 Å². The monoisotopic (exact) mass is 418 g/mol. The van der Waals surface area contributed by atoms with Crippen LogP contribution in [-0.4, -0.2) is 23.1 Å². The molecule has 154 valence electrons. The van der Waals surface area contributed by atoms with E-state index in [2.05, 4.69) is 28.9 Å². The maximum atomic E-state index is 13.1. The smallest absolute Gasteiger partial charge is 0.250 e. The predicted octanol–water partition coefficient (Wildman–Crippen LogP) is 5.06. The number of hydrogen-bond acceptors (Lipinski definition) is 3. The van der Waals surface area contributed by atoms with Crippen LogP contribution in [0.4, 0.5) is 5.69 Å². The molecule has 2 atom stereocenters. The van der Waals surface area contributed by atoms with Crippen LogP contribution in [0.5, 0.6) is 0 Å². The molecule has 1 fully saturated rings. The molecule has 4 rings (SSSR count). The minimum Gasteiger partial charge on any atom is -0.341 e. The molecule has 0 aromatic heterocycles. The predicted molar refractivity (Wildman–Crippen MR) is 123 cm³/mol. The fourth-order valence-corrected chi connectivity index (χ4v) is 4.81. The Morgan fingerprint density at radius 3 is 2.50 bits per heavy atom. The second-order valence-electron chi connectivity index (χ2n) is 7.85. The van der Waals surface area contributed by atoms with Crippen molar-refractivity contribution in [2.75, 3.05) is 11.1 Å². The summed E-state index contributed by atoms with van der Waals surface area (Å²) in [5.41, 5.74) is 2.30. The summed E-state index contributed by atoms with van der Waals surface area (Å²) in [7, 11) is 0. The maximum Gasteiger partial charge on any atom is 0.250 e. The third kappa shape index (κ3) is 4.68. The van der Waals surface area contributed by atoms with Crippen molar-refractivity contribution in [3.63, 3.8) is 0 Å². The fourth-order valence-electron chi connectivity index (χ4n) is 3.93. The fraction of sp³-hybridized carbons (Fsp3) is 0.280. The number of amides is 2. The van der Waals surface area contributed by atoms with Crippen molar-refractivity contribution in [2.45, 2.75) is 42.5 Å². The van der Waals surface area contributed by atoms with Crippen molar-refractivity contribution >= 4 is 29.3 Å². The van der Waals surface area contributed by atoms with Crippen molar-refractivity contribution < 1.29 is 9.59 Å². The second kappa shape index (κ2) is 8.92. The number of hydrogen-bond donors (Lipinski definition) is 2. The summed E-state index contributed by atoms with van der Waals surface area (Å²) in [5.74, 6) is 0.590. The summed E-state index contributed by atoms with van der Waals surface area (Å²) in [5, 5.41) is 5.90. The topological polar surface area (TPSA) is 58.2 Å². The molecule has 2 aliphatic carbocycles. The van der Waals surface area contributed by atoms with Crippen molar-refractivity contribution in [2.24, 2.45) is 0 Å². The van der Waals surface area contributed by atoms with E-state index in [0.29, 0.717) is 6.42 Å². The maximum absolute atomic E-state index is 13.1. The number of benzene rings is 2. The Kier molecular flexibility index (Phi) is 6.09. The van der Waals surface area contributed by atoms with Crippen LogP contribution in [0.1, 0.15) is 37.7 Å². The normalized spacial score (nSPS) is 22.2. The zero-order valence-corrected chi connectivity index (χ0v) is 17.9. The molecule has 0 heterocycles. The number of carbonyl (C=O) groups excluding carboxylic acids is 2. The van der Waals surface area contributed by atoms with Crippen molar-refractivity contribution in [1.29, 1.82) is 0 Å². The summed E-state index contributed by atoms with van der Waals surface area (Å²) in [6, 6.07) is 17.8. The van der Waals surface area contributed by atoms with Gasteiger partial charge in [-0.15, -0.1) is 11.8 Å². The van der Waals surface area contributed by atoms with Crippen molar-refractivity contribution in [3.05, 3.63) is 84.0 Å². The molecular formula is C25H26N2O2S. The average Bonchev–Trinajstić information content (AvgIpc) is 3.49. The second-order valence-corrected chi connectivity index (χ2v) is 8.89. The zero-order chi connectivity index (χ0) is 21.0. The van der Waals surface area contributed by atoms with Crippen LogP contribution in [0, 0.1) is 0 Å². The lowest BCUT2D eigenvalue weighted by molar-refractivity contribution is -0.126. The Balaban J connectivity index is 1.40. The molecule has 2 aromatic rings. The highest BCUT2D eigenvalue weighted by molar-refractivity contribution is 7.99. The highest BCUT2D eigenvalue weighted by Gasteiger charge is 2.61. The first-order valence-electron chi connectivity index (χ1n) is 10.3. The van der Waals surface area contributed by atoms with Crippen LogP contribution in [0.2, 0.25) is 0 Å².